The number of nitrogens with one attached hydrogen (secondary N) is 1. The maximum absolute atomic E-state index is 13.5. The van der Waals surface area contributed by atoms with E-state index in [1.807, 2.05) is 0 Å². The van der Waals surface area contributed by atoms with Crippen molar-refractivity contribution in [2.24, 2.45) is 0 Å². The average molecular weight is 349 g/mol. The quantitative estimate of drug-likeness (QED) is 0.768. The van der Waals surface area contributed by atoms with Gasteiger partial charge in [0.1, 0.15) is 17.3 Å². The molecular formula is C17H11ClF2N2O2. The van der Waals surface area contributed by atoms with Crippen molar-refractivity contribution in [1.82, 2.24) is 10.5 Å². The Kier molecular flexibility index (Phi) is 4.57. The van der Waals surface area contributed by atoms with Crippen molar-refractivity contribution in [1.29, 1.82) is 0 Å². The summed E-state index contributed by atoms with van der Waals surface area (Å²) in [4.78, 5) is 12.0. The van der Waals surface area contributed by atoms with Crippen LogP contribution in [0.4, 0.5) is 8.78 Å². The van der Waals surface area contributed by atoms with Gasteiger partial charge in [-0.05, 0) is 18.2 Å². The first-order chi connectivity index (χ1) is 11.5. The molecule has 24 heavy (non-hydrogen) atoms. The predicted molar refractivity (Wildman–Crippen MR) is 84.5 cm³/mol. The second kappa shape index (κ2) is 6.80. The maximum Gasteiger partial charge on any atom is 0.290 e. The fourth-order valence-corrected chi connectivity index (χ4v) is 2.28. The summed E-state index contributed by atoms with van der Waals surface area (Å²) >= 11 is 5.91. The standard InChI is InChI=1S/C17H11ClF2N2O2/c18-12-3-1-2-10(6-12)15-8-16(24-22-15)17(23)21-9-11-4-5-13(19)7-14(11)20/h1-8H,9H2,(H,21,23). The monoisotopic (exact) mass is 348 g/mol. The molecule has 0 unspecified atom stereocenters. The molecule has 0 radical (unpaired) electrons. The van der Waals surface area contributed by atoms with Crippen molar-refractivity contribution in [2.45, 2.75) is 6.54 Å². The predicted octanol–water partition coefficient (Wildman–Crippen LogP) is 4.20. The van der Waals surface area contributed by atoms with E-state index in [-0.39, 0.29) is 17.9 Å². The van der Waals surface area contributed by atoms with Crippen molar-refractivity contribution in [3.8, 4) is 11.3 Å². The molecule has 3 rings (SSSR count). The van der Waals surface area contributed by atoms with E-state index in [9.17, 15) is 13.6 Å². The van der Waals surface area contributed by atoms with Gasteiger partial charge in [0.15, 0.2) is 0 Å². The summed E-state index contributed by atoms with van der Waals surface area (Å²) in [5, 5.41) is 6.84. The Morgan fingerprint density at radius 2 is 2.00 bits per heavy atom. The molecule has 122 valence electrons. The number of rotatable bonds is 4. The van der Waals surface area contributed by atoms with Gasteiger partial charge in [0.2, 0.25) is 5.76 Å². The summed E-state index contributed by atoms with van der Waals surface area (Å²) in [6.07, 6.45) is 0. The molecule has 1 heterocycles. The lowest BCUT2D eigenvalue weighted by molar-refractivity contribution is 0.0913. The highest BCUT2D eigenvalue weighted by Gasteiger charge is 2.15. The Balaban J connectivity index is 1.70. The van der Waals surface area contributed by atoms with Gasteiger partial charge in [0.05, 0.1) is 0 Å². The smallest absolute Gasteiger partial charge is 0.290 e. The van der Waals surface area contributed by atoms with Crippen LogP contribution in [0.5, 0.6) is 0 Å². The average Bonchev–Trinajstić information content (AvgIpc) is 3.04. The van der Waals surface area contributed by atoms with Crippen molar-refractivity contribution in [3.05, 3.63) is 76.5 Å². The number of aromatic nitrogens is 1. The number of hydrogen-bond acceptors (Lipinski definition) is 3. The summed E-state index contributed by atoms with van der Waals surface area (Å²) in [5.41, 5.74) is 1.32. The third-order valence-corrected chi connectivity index (χ3v) is 3.54. The van der Waals surface area contributed by atoms with Crippen molar-refractivity contribution < 1.29 is 18.1 Å². The molecule has 0 aliphatic carbocycles. The van der Waals surface area contributed by atoms with Crippen LogP contribution in [0.3, 0.4) is 0 Å². The van der Waals surface area contributed by atoms with E-state index in [0.29, 0.717) is 16.3 Å². The van der Waals surface area contributed by atoms with E-state index in [2.05, 4.69) is 10.5 Å². The van der Waals surface area contributed by atoms with Crippen LogP contribution in [-0.4, -0.2) is 11.1 Å². The first-order valence-electron chi connectivity index (χ1n) is 6.98. The molecule has 0 bridgehead atoms. The number of carbonyl (C=O) groups is 1. The topological polar surface area (TPSA) is 55.1 Å². The number of hydrogen-bond donors (Lipinski definition) is 1. The molecule has 0 aliphatic rings. The Hall–Kier alpha value is -2.73. The number of carbonyl (C=O) groups excluding carboxylic acids is 1. The number of benzene rings is 2. The Bertz CT molecular complexity index is 896. The van der Waals surface area contributed by atoms with Crippen molar-refractivity contribution >= 4 is 17.5 Å². The molecule has 3 aromatic rings. The second-order valence-corrected chi connectivity index (χ2v) is 5.44. The molecule has 0 saturated carbocycles. The maximum atomic E-state index is 13.5. The van der Waals surface area contributed by atoms with E-state index in [1.54, 1.807) is 24.3 Å². The summed E-state index contributed by atoms with van der Waals surface area (Å²) < 4.78 is 31.4. The normalized spacial score (nSPS) is 10.6. The SMILES string of the molecule is O=C(NCc1ccc(F)cc1F)c1cc(-c2cccc(Cl)c2)no1. The molecule has 0 atom stereocenters. The lowest BCUT2D eigenvalue weighted by Gasteiger charge is -2.04. The lowest BCUT2D eigenvalue weighted by atomic mass is 10.1. The molecule has 0 saturated heterocycles. The molecule has 1 N–H and O–H groups in total. The van der Waals surface area contributed by atoms with Gasteiger partial charge in [-0.2, -0.15) is 0 Å². The minimum Gasteiger partial charge on any atom is -0.350 e. The fraction of sp³-hybridized carbons (Fsp3) is 0.0588. The number of amides is 1. The molecule has 0 aliphatic heterocycles. The highest BCUT2D eigenvalue weighted by atomic mass is 35.5. The molecule has 4 nitrogen and oxygen atoms in total. The second-order valence-electron chi connectivity index (χ2n) is 5.01. The van der Waals surface area contributed by atoms with E-state index < -0.39 is 17.5 Å². The molecule has 1 aromatic heterocycles. The highest BCUT2D eigenvalue weighted by Crippen LogP contribution is 2.22. The number of nitrogens with zero attached hydrogens (tertiary/aromatic N) is 1. The zero-order valence-corrected chi connectivity index (χ0v) is 13.0. The zero-order chi connectivity index (χ0) is 17.1. The van der Waals surface area contributed by atoms with Gasteiger partial charge in [-0.3, -0.25) is 4.79 Å². The minimum absolute atomic E-state index is 0.0208. The molecule has 7 heteroatoms. The van der Waals surface area contributed by atoms with Crippen molar-refractivity contribution in [3.63, 3.8) is 0 Å². The van der Waals surface area contributed by atoms with Crippen LogP contribution in [0.2, 0.25) is 5.02 Å². The van der Waals surface area contributed by atoms with Gasteiger partial charge in [0, 0.05) is 34.8 Å². The van der Waals surface area contributed by atoms with Crippen LogP contribution in [-0.2, 0) is 6.54 Å². The van der Waals surface area contributed by atoms with E-state index in [4.69, 9.17) is 16.1 Å². The van der Waals surface area contributed by atoms with Crippen LogP contribution in [0.1, 0.15) is 16.1 Å². The largest absolute Gasteiger partial charge is 0.350 e. The van der Waals surface area contributed by atoms with Gasteiger partial charge in [-0.15, -0.1) is 0 Å². The molecule has 2 aromatic carbocycles. The van der Waals surface area contributed by atoms with Crippen LogP contribution >= 0.6 is 11.6 Å². The number of halogens is 3. The third-order valence-electron chi connectivity index (χ3n) is 3.31. The van der Waals surface area contributed by atoms with E-state index >= 15 is 0 Å². The Morgan fingerprint density at radius 3 is 2.75 bits per heavy atom. The van der Waals surface area contributed by atoms with Crippen LogP contribution in [0, 0.1) is 11.6 Å². The van der Waals surface area contributed by atoms with Gasteiger partial charge >= 0.3 is 0 Å². The first-order valence-corrected chi connectivity index (χ1v) is 7.35. The molecule has 0 fully saturated rings. The summed E-state index contributed by atoms with van der Waals surface area (Å²) in [6.45, 7) is -0.0991. The van der Waals surface area contributed by atoms with Crippen molar-refractivity contribution in [2.75, 3.05) is 0 Å². The van der Waals surface area contributed by atoms with E-state index in [1.165, 1.54) is 12.1 Å². The van der Waals surface area contributed by atoms with Gasteiger partial charge in [0.25, 0.3) is 5.91 Å². The highest BCUT2D eigenvalue weighted by molar-refractivity contribution is 6.30. The minimum atomic E-state index is -0.729. The Morgan fingerprint density at radius 1 is 1.17 bits per heavy atom. The van der Waals surface area contributed by atoms with Gasteiger partial charge < -0.3 is 9.84 Å². The Labute approximate surface area is 141 Å². The van der Waals surface area contributed by atoms with Crippen LogP contribution in [0.25, 0.3) is 11.3 Å². The first kappa shape index (κ1) is 16.1. The van der Waals surface area contributed by atoms with Crippen LogP contribution < -0.4 is 5.32 Å². The third kappa shape index (κ3) is 3.60. The summed E-state index contributed by atoms with van der Waals surface area (Å²) in [6, 6.07) is 11.5. The summed E-state index contributed by atoms with van der Waals surface area (Å²) in [5.74, 6) is -1.98. The zero-order valence-electron chi connectivity index (χ0n) is 12.2. The molecule has 1 amide bonds. The molecular weight excluding hydrogens is 338 g/mol. The summed E-state index contributed by atoms with van der Waals surface area (Å²) in [7, 11) is 0. The fourth-order valence-electron chi connectivity index (χ4n) is 2.09. The van der Waals surface area contributed by atoms with Gasteiger partial charge in [-0.1, -0.05) is 35.0 Å². The van der Waals surface area contributed by atoms with Crippen LogP contribution in [0.15, 0.2) is 53.1 Å². The van der Waals surface area contributed by atoms with Gasteiger partial charge in [-0.25, -0.2) is 8.78 Å². The molecule has 0 spiro atoms. The lowest BCUT2D eigenvalue weighted by Crippen LogP contribution is -2.22. The van der Waals surface area contributed by atoms with E-state index in [0.717, 1.165) is 12.1 Å².